The van der Waals surface area contributed by atoms with Crippen molar-refractivity contribution in [3.8, 4) is 5.75 Å². The summed E-state index contributed by atoms with van der Waals surface area (Å²) in [5.74, 6) is 0.689. The van der Waals surface area contributed by atoms with Gasteiger partial charge in [0.05, 0.1) is 19.5 Å². The van der Waals surface area contributed by atoms with E-state index in [9.17, 15) is 5.11 Å². The molecular weight excluding hydrogens is 180 g/mol. The topological polar surface area (TPSA) is 42.6 Å². The molecule has 0 saturated heterocycles. The molecule has 14 heavy (non-hydrogen) atoms. The zero-order valence-corrected chi connectivity index (χ0v) is 8.15. The molecule has 1 heterocycles. The van der Waals surface area contributed by atoms with Crippen LogP contribution in [0.2, 0.25) is 0 Å². The van der Waals surface area contributed by atoms with E-state index in [2.05, 4.69) is 0 Å². The van der Waals surface area contributed by atoms with E-state index < -0.39 is 6.10 Å². The van der Waals surface area contributed by atoms with Crippen LogP contribution in [-0.4, -0.2) is 12.2 Å². The first-order valence-electron chi connectivity index (χ1n) is 4.46. The van der Waals surface area contributed by atoms with Gasteiger partial charge >= 0.3 is 0 Å². The number of aliphatic hydroxyl groups is 1. The van der Waals surface area contributed by atoms with Crippen LogP contribution in [0.25, 0.3) is 11.0 Å². The van der Waals surface area contributed by atoms with Gasteiger partial charge in [0.15, 0.2) is 11.3 Å². The third-order valence-corrected chi connectivity index (χ3v) is 2.28. The maximum absolute atomic E-state index is 9.52. The van der Waals surface area contributed by atoms with Crippen molar-refractivity contribution in [2.75, 3.05) is 7.11 Å². The zero-order chi connectivity index (χ0) is 10.1. The maximum Gasteiger partial charge on any atom is 0.176 e. The Morgan fingerprint density at radius 2 is 2.14 bits per heavy atom. The lowest BCUT2D eigenvalue weighted by atomic mass is 10.1. The van der Waals surface area contributed by atoms with Crippen molar-refractivity contribution >= 4 is 11.0 Å². The summed E-state index contributed by atoms with van der Waals surface area (Å²) in [4.78, 5) is 0. The molecule has 0 aliphatic heterocycles. The van der Waals surface area contributed by atoms with Gasteiger partial charge in [-0.15, -0.1) is 0 Å². The molecule has 2 rings (SSSR count). The van der Waals surface area contributed by atoms with Gasteiger partial charge in [0.2, 0.25) is 0 Å². The van der Waals surface area contributed by atoms with Crippen LogP contribution in [0.15, 0.2) is 28.9 Å². The second-order valence-electron chi connectivity index (χ2n) is 3.20. The Bertz CT molecular complexity index is 443. The van der Waals surface area contributed by atoms with Gasteiger partial charge in [0, 0.05) is 5.39 Å². The van der Waals surface area contributed by atoms with Crippen LogP contribution in [0.4, 0.5) is 0 Å². The number of aliphatic hydroxyl groups excluding tert-OH is 1. The molecule has 0 aliphatic rings. The minimum atomic E-state index is -0.499. The van der Waals surface area contributed by atoms with Gasteiger partial charge in [-0.25, -0.2) is 0 Å². The lowest BCUT2D eigenvalue weighted by Crippen LogP contribution is -1.92. The highest BCUT2D eigenvalue weighted by Gasteiger charge is 2.11. The van der Waals surface area contributed by atoms with E-state index in [4.69, 9.17) is 9.15 Å². The molecular formula is C11H12O3. The molecule has 0 saturated carbocycles. The number of furan rings is 1. The monoisotopic (exact) mass is 192 g/mol. The SMILES string of the molecule is COc1ccc(C(C)O)c2ccoc12. The molecule has 74 valence electrons. The van der Waals surface area contributed by atoms with E-state index in [1.165, 1.54) is 0 Å². The number of ether oxygens (including phenoxy) is 1. The average molecular weight is 192 g/mol. The van der Waals surface area contributed by atoms with E-state index >= 15 is 0 Å². The summed E-state index contributed by atoms with van der Waals surface area (Å²) < 4.78 is 10.4. The Kier molecular flexibility index (Phi) is 2.17. The van der Waals surface area contributed by atoms with Gasteiger partial charge in [0.1, 0.15) is 0 Å². The summed E-state index contributed by atoms with van der Waals surface area (Å²) in [6, 6.07) is 5.48. The molecule has 1 N–H and O–H groups in total. The van der Waals surface area contributed by atoms with Crippen molar-refractivity contribution in [3.05, 3.63) is 30.0 Å². The molecule has 0 radical (unpaired) electrons. The van der Waals surface area contributed by atoms with Gasteiger partial charge in [-0.3, -0.25) is 0 Å². The minimum Gasteiger partial charge on any atom is -0.493 e. The standard InChI is InChI=1S/C11H12O3/c1-7(12)8-3-4-10(13-2)11-9(8)5-6-14-11/h3-7,12H,1-2H3. The normalized spacial score (nSPS) is 13.1. The van der Waals surface area contributed by atoms with Crippen molar-refractivity contribution < 1.29 is 14.3 Å². The van der Waals surface area contributed by atoms with Crippen molar-refractivity contribution in [1.82, 2.24) is 0 Å². The zero-order valence-electron chi connectivity index (χ0n) is 8.15. The fourth-order valence-corrected chi connectivity index (χ4v) is 1.58. The van der Waals surface area contributed by atoms with E-state index in [0.717, 1.165) is 10.9 Å². The molecule has 1 aromatic heterocycles. The smallest absolute Gasteiger partial charge is 0.176 e. The van der Waals surface area contributed by atoms with E-state index in [1.807, 2.05) is 12.1 Å². The Morgan fingerprint density at radius 3 is 2.79 bits per heavy atom. The van der Waals surface area contributed by atoms with Crippen molar-refractivity contribution in [1.29, 1.82) is 0 Å². The minimum absolute atomic E-state index is 0.499. The summed E-state index contributed by atoms with van der Waals surface area (Å²) in [6.45, 7) is 1.73. The summed E-state index contributed by atoms with van der Waals surface area (Å²) in [5.41, 5.74) is 1.54. The van der Waals surface area contributed by atoms with Crippen LogP contribution in [0, 0.1) is 0 Å². The predicted octanol–water partition coefficient (Wildman–Crippen LogP) is 2.49. The molecule has 3 nitrogen and oxygen atoms in total. The fourth-order valence-electron chi connectivity index (χ4n) is 1.58. The van der Waals surface area contributed by atoms with Gasteiger partial charge in [-0.2, -0.15) is 0 Å². The number of fused-ring (bicyclic) bond motifs is 1. The molecule has 1 atom stereocenters. The van der Waals surface area contributed by atoms with Crippen molar-refractivity contribution in [2.24, 2.45) is 0 Å². The molecule has 0 aliphatic carbocycles. The third-order valence-electron chi connectivity index (χ3n) is 2.28. The number of hydrogen-bond donors (Lipinski definition) is 1. The van der Waals surface area contributed by atoms with Gasteiger partial charge in [0.25, 0.3) is 0 Å². The van der Waals surface area contributed by atoms with E-state index in [-0.39, 0.29) is 0 Å². The van der Waals surface area contributed by atoms with Gasteiger partial charge < -0.3 is 14.3 Å². The lowest BCUT2D eigenvalue weighted by Gasteiger charge is -2.07. The number of hydrogen-bond acceptors (Lipinski definition) is 3. The van der Waals surface area contributed by atoms with Crippen LogP contribution in [0.5, 0.6) is 5.75 Å². The second kappa shape index (κ2) is 3.35. The Morgan fingerprint density at radius 1 is 1.36 bits per heavy atom. The summed E-state index contributed by atoms with van der Waals surface area (Å²) in [6.07, 6.45) is 1.10. The van der Waals surface area contributed by atoms with Crippen LogP contribution in [0.1, 0.15) is 18.6 Å². The Hall–Kier alpha value is -1.48. The molecule has 1 aromatic carbocycles. The molecule has 0 spiro atoms. The van der Waals surface area contributed by atoms with Crippen LogP contribution < -0.4 is 4.74 Å². The fraction of sp³-hybridized carbons (Fsp3) is 0.273. The average Bonchev–Trinajstić information content (AvgIpc) is 2.64. The summed E-state index contributed by atoms with van der Waals surface area (Å²) in [5, 5.41) is 10.4. The molecule has 0 bridgehead atoms. The molecule has 2 aromatic rings. The van der Waals surface area contributed by atoms with Crippen LogP contribution in [0.3, 0.4) is 0 Å². The first-order chi connectivity index (χ1) is 6.74. The third kappa shape index (κ3) is 1.26. The Balaban J connectivity index is 2.72. The first kappa shape index (κ1) is 9.09. The largest absolute Gasteiger partial charge is 0.493 e. The molecule has 0 fully saturated rings. The second-order valence-corrected chi connectivity index (χ2v) is 3.20. The molecule has 1 unspecified atom stereocenters. The number of rotatable bonds is 2. The van der Waals surface area contributed by atoms with Crippen LogP contribution >= 0.6 is 0 Å². The van der Waals surface area contributed by atoms with E-state index in [0.29, 0.717) is 11.3 Å². The van der Waals surface area contributed by atoms with Crippen molar-refractivity contribution in [3.63, 3.8) is 0 Å². The van der Waals surface area contributed by atoms with Crippen molar-refractivity contribution in [2.45, 2.75) is 13.0 Å². The quantitative estimate of drug-likeness (QED) is 0.794. The van der Waals surface area contributed by atoms with E-state index in [1.54, 1.807) is 26.4 Å². The number of benzene rings is 1. The first-order valence-corrected chi connectivity index (χ1v) is 4.46. The Labute approximate surface area is 81.9 Å². The highest BCUT2D eigenvalue weighted by atomic mass is 16.5. The maximum atomic E-state index is 9.52. The summed E-state index contributed by atoms with van der Waals surface area (Å²) in [7, 11) is 1.60. The van der Waals surface area contributed by atoms with Gasteiger partial charge in [-0.1, -0.05) is 6.07 Å². The lowest BCUT2D eigenvalue weighted by molar-refractivity contribution is 0.201. The predicted molar refractivity (Wildman–Crippen MR) is 53.4 cm³/mol. The highest BCUT2D eigenvalue weighted by molar-refractivity contribution is 5.86. The number of methoxy groups -OCH3 is 1. The van der Waals surface area contributed by atoms with Crippen LogP contribution in [-0.2, 0) is 0 Å². The highest BCUT2D eigenvalue weighted by Crippen LogP contribution is 2.32. The summed E-state index contributed by atoms with van der Waals surface area (Å²) >= 11 is 0. The van der Waals surface area contributed by atoms with Gasteiger partial charge in [-0.05, 0) is 24.6 Å². The molecule has 3 heteroatoms. The molecule has 0 amide bonds.